The summed E-state index contributed by atoms with van der Waals surface area (Å²) in [6, 6.07) is 7.07. The maximum atomic E-state index is 12.8. The number of benzene rings is 1. The molecule has 0 saturated carbocycles. The van der Waals surface area contributed by atoms with Gasteiger partial charge in [0.15, 0.2) is 0 Å². The number of carboxylic acids is 1. The Morgan fingerprint density at radius 1 is 1.20 bits per heavy atom. The predicted molar refractivity (Wildman–Crippen MR) is 92.4 cm³/mol. The molecule has 0 amide bonds. The van der Waals surface area contributed by atoms with Crippen LogP contribution in [0.1, 0.15) is 35.2 Å². The maximum Gasteiger partial charge on any atom is 0.340 e. The number of sulfonamides is 1. The highest BCUT2D eigenvalue weighted by atomic mass is 35.5. The Kier molecular flexibility index (Phi) is 5.12. The second kappa shape index (κ2) is 7.15. The third-order valence-corrected chi connectivity index (χ3v) is 6.35. The quantitative estimate of drug-likeness (QED) is 0.856. The van der Waals surface area contributed by atoms with E-state index in [0.717, 1.165) is 24.8 Å². The largest absolute Gasteiger partial charge is 0.478 e. The molecule has 25 heavy (non-hydrogen) atoms. The molecule has 0 unspecified atom stereocenters. The second-order valence-corrected chi connectivity index (χ2v) is 8.17. The number of rotatable bonds is 5. The van der Waals surface area contributed by atoms with E-state index >= 15 is 0 Å². The molecule has 2 heterocycles. The van der Waals surface area contributed by atoms with Crippen LogP contribution in [0, 0.1) is 0 Å². The molecule has 1 fully saturated rings. The van der Waals surface area contributed by atoms with Gasteiger partial charge in [-0.15, -0.1) is 0 Å². The molecule has 0 radical (unpaired) electrons. The van der Waals surface area contributed by atoms with Gasteiger partial charge in [0.1, 0.15) is 5.56 Å². The number of halogens is 1. The molecule has 2 aromatic rings. The fourth-order valence-corrected chi connectivity index (χ4v) is 4.66. The Labute approximate surface area is 150 Å². The summed E-state index contributed by atoms with van der Waals surface area (Å²) in [5.41, 5.74) is 0.406. The molecule has 1 aliphatic rings. The Balaban J connectivity index is 1.98. The molecule has 1 aromatic heterocycles. The lowest BCUT2D eigenvalue weighted by Gasteiger charge is -2.25. The molecular formula is C16H18ClN3O4S. The third kappa shape index (κ3) is 3.70. The highest BCUT2D eigenvalue weighted by Crippen LogP contribution is 2.23. The smallest absolute Gasteiger partial charge is 0.340 e. The summed E-state index contributed by atoms with van der Waals surface area (Å²) in [6.07, 6.45) is 3.74. The van der Waals surface area contributed by atoms with Gasteiger partial charge in [-0.05, 0) is 24.5 Å². The highest BCUT2D eigenvalue weighted by Gasteiger charge is 2.33. The maximum absolute atomic E-state index is 12.8. The normalized spacial score (nSPS) is 16.0. The van der Waals surface area contributed by atoms with Crippen LogP contribution in [0.3, 0.4) is 0 Å². The topological polar surface area (TPSA) is 92.5 Å². The van der Waals surface area contributed by atoms with Crippen molar-refractivity contribution in [2.24, 2.45) is 0 Å². The van der Waals surface area contributed by atoms with Gasteiger partial charge in [0.05, 0.1) is 6.54 Å². The van der Waals surface area contributed by atoms with E-state index in [0.29, 0.717) is 18.1 Å². The lowest BCUT2D eigenvalue weighted by molar-refractivity contribution is 0.0692. The van der Waals surface area contributed by atoms with E-state index in [1.54, 1.807) is 24.3 Å². The molecule has 9 heteroatoms. The van der Waals surface area contributed by atoms with Gasteiger partial charge in [0.25, 0.3) is 10.0 Å². The van der Waals surface area contributed by atoms with Gasteiger partial charge in [0.2, 0.25) is 5.03 Å². The lowest BCUT2D eigenvalue weighted by Crippen LogP contribution is -2.36. The first-order valence-electron chi connectivity index (χ1n) is 7.94. The van der Waals surface area contributed by atoms with E-state index in [1.165, 1.54) is 15.2 Å². The molecule has 1 saturated heterocycles. The number of nitrogens with zero attached hydrogens (tertiary/aromatic N) is 3. The molecule has 0 aliphatic carbocycles. The first-order chi connectivity index (χ1) is 11.9. The zero-order valence-electron chi connectivity index (χ0n) is 13.4. The van der Waals surface area contributed by atoms with Crippen LogP contribution in [-0.2, 0) is 16.6 Å². The van der Waals surface area contributed by atoms with Crippen molar-refractivity contribution in [2.45, 2.75) is 30.8 Å². The van der Waals surface area contributed by atoms with Crippen molar-refractivity contribution in [1.29, 1.82) is 0 Å². The standard InChI is InChI=1S/C16H18ClN3O4S/c17-14-7-3-2-6-12(14)10-19-11-13(16(21)22)15(18-19)25(23,24)20-8-4-1-5-9-20/h2-3,6-7,11H,1,4-5,8-10H2,(H,21,22). The number of carboxylic acid groups (broad SMARTS) is 1. The van der Waals surface area contributed by atoms with Crippen LogP contribution in [0.15, 0.2) is 35.5 Å². The van der Waals surface area contributed by atoms with E-state index < -0.39 is 21.0 Å². The summed E-state index contributed by atoms with van der Waals surface area (Å²) in [5.74, 6) is -1.32. The summed E-state index contributed by atoms with van der Waals surface area (Å²) in [5, 5.41) is 13.6. The Morgan fingerprint density at radius 2 is 1.88 bits per heavy atom. The van der Waals surface area contributed by atoms with Crippen LogP contribution in [0.4, 0.5) is 0 Å². The van der Waals surface area contributed by atoms with Gasteiger partial charge >= 0.3 is 5.97 Å². The van der Waals surface area contributed by atoms with Crippen molar-refractivity contribution in [3.8, 4) is 0 Å². The molecule has 7 nitrogen and oxygen atoms in total. The Bertz CT molecular complexity index is 889. The van der Waals surface area contributed by atoms with Gasteiger partial charge in [-0.2, -0.15) is 9.40 Å². The number of aromatic carboxylic acids is 1. The van der Waals surface area contributed by atoms with Crippen molar-refractivity contribution < 1.29 is 18.3 Å². The minimum absolute atomic E-state index is 0.190. The van der Waals surface area contributed by atoms with Crippen LogP contribution in [0.5, 0.6) is 0 Å². The summed E-state index contributed by atoms with van der Waals surface area (Å²) < 4.78 is 28.2. The van der Waals surface area contributed by atoms with Crippen molar-refractivity contribution in [2.75, 3.05) is 13.1 Å². The molecule has 1 N–H and O–H groups in total. The minimum atomic E-state index is -3.93. The first kappa shape index (κ1) is 17.9. The number of piperidine rings is 1. The van der Waals surface area contributed by atoms with E-state index in [1.807, 2.05) is 0 Å². The van der Waals surface area contributed by atoms with Crippen molar-refractivity contribution in [3.63, 3.8) is 0 Å². The minimum Gasteiger partial charge on any atom is -0.478 e. The van der Waals surface area contributed by atoms with E-state index in [9.17, 15) is 18.3 Å². The van der Waals surface area contributed by atoms with Gasteiger partial charge < -0.3 is 5.11 Å². The summed E-state index contributed by atoms with van der Waals surface area (Å²) in [4.78, 5) is 11.5. The first-order valence-corrected chi connectivity index (χ1v) is 9.75. The van der Waals surface area contributed by atoms with Gasteiger partial charge in [-0.1, -0.05) is 36.2 Å². The summed E-state index contributed by atoms with van der Waals surface area (Å²) in [7, 11) is -3.93. The molecule has 0 bridgehead atoms. The van der Waals surface area contributed by atoms with Crippen molar-refractivity contribution in [1.82, 2.24) is 14.1 Å². The van der Waals surface area contributed by atoms with E-state index in [2.05, 4.69) is 5.10 Å². The monoisotopic (exact) mass is 383 g/mol. The predicted octanol–water partition coefficient (Wildman–Crippen LogP) is 2.46. The zero-order chi connectivity index (χ0) is 18.0. The average Bonchev–Trinajstić information content (AvgIpc) is 3.03. The summed E-state index contributed by atoms with van der Waals surface area (Å²) >= 11 is 6.11. The van der Waals surface area contributed by atoms with Crippen LogP contribution >= 0.6 is 11.6 Å². The van der Waals surface area contributed by atoms with Gasteiger partial charge in [-0.3, -0.25) is 4.68 Å². The Morgan fingerprint density at radius 3 is 2.52 bits per heavy atom. The number of aromatic nitrogens is 2. The third-order valence-electron chi connectivity index (χ3n) is 4.15. The zero-order valence-corrected chi connectivity index (χ0v) is 15.0. The number of hydrogen-bond donors (Lipinski definition) is 1. The van der Waals surface area contributed by atoms with E-state index in [-0.39, 0.29) is 12.1 Å². The van der Waals surface area contributed by atoms with Crippen molar-refractivity contribution >= 4 is 27.6 Å². The fraction of sp³-hybridized carbons (Fsp3) is 0.375. The SMILES string of the molecule is O=C(O)c1cn(Cc2ccccc2Cl)nc1S(=O)(=O)N1CCCCC1. The lowest BCUT2D eigenvalue weighted by atomic mass is 10.2. The van der Waals surface area contributed by atoms with Gasteiger partial charge in [-0.25, -0.2) is 13.2 Å². The summed E-state index contributed by atoms with van der Waals surface area (Å²) in [6.45, 7) is 0.965. The molecule has 134 valence electrons. The van der Waals surface area contributed by atoms with E-state index in [4.69, 9.17) is 11.6 Å². The Hall–Kier alpha value is -1.90. The molecular weight excluding hydrogens is 366 g/mol. The fourth-order valence-electron chi connectivity index (χ4n) is 2.85. The van der Waals surface area contributed by atoms with Crippen LogP contribution in [-0.4, -0.2) is 46.7 Å². The second-order valence-electron chi connectivity index (χ2n) is 5.91. The molecule has 1 aromatic carbocycles. The number of carbonyl (C=O) groups is 1. The van der Waals surface area contributed by atoms with Crippen LogP contribution < -0.4 is 0 Å². The molecule has 3 rings (SSSR count). The number of hydrogen-bond acceptors (Lipinski definition) is 4. The van der Waals surface area contributed by atoms with Gasteiger partial charge in [0, 0.05) is 24.3 Å². The average molecular weight is 384 g/mol. The van der Waals surface area contributed by atoms with Crippen molar-refractivity contribution in [3.05, 3.63) is 46.6 Å². The molecule has 0 spiro atoms. The molecule has 0 atom stereocenters. The van der Waals surface area contributed by atoms with Crippen LogP contribution in [0.2, 0.25) is 5.02 Å². The highest BCUT2D eigenvalue weighted by molar-refractivity contribution is 7.89. The molecule has 1 aliphatic heterocycles. The van der Waals surface area contributed by atoms with Crippen LogP contribution in [0.25, 0.3) is 0 Å².